The number of hydrogen-bond donors (Lipinski definition) is 0. The average molecular weight is 317 g/mol. The predicted molar refractivity (Wildman–Crippen MR) is 91.8 cm³/mol. The Morgan fingerprint density at radius 1 is 0.727 bits per heavy atom. The molecule has 0 saturated carbocycles. The highest BCUT2D eigenvalue weighted by atomic mass is 19.1. The number of carbonyl (C=O) groups excluding carboxylic acids is 1. The van der Waals surface area contributed by atoms with Crippen LogP contribution < -0.4 is 0 Å². The molecule has 0 aromatic carbocycles. The van der Waals surface area contributed by atoms with Gasteiger partial charge in [0.25, 0.3) is 0 Å². The number of alkyl halides is 1. The average Bonchev–Trinajstić information content (AvgIpc) is 2.42. The van der Waals surface area contributed by atoms with Crippen LogP contribution in [0.3, 0.4) is 0 Å². The van der Waals surface area contributed by atoms with Gasteiger partial charge in [-0.25, -0.2) is 0 Å². The molecule has 0 unspecified atom stereocenters. The topological polar surface area (TPSA) is 26.3 Å². The zero-order valence-electron chi connectivity index (χ0n) is 15.1. The van der Waals surface area contributed by atoms with E-state index in [1.165, 1.54) is 51.4 Å². The lowest BCUT2D eigenvalue weighted by molar-refractivity contribution is -0.154. The van der Waals surface area contributed by atoms with Crippen molar-refractivity contribution in [3.8, 4) is 0 Å². The molecule has 0 spiro atoms. The number of carbonyl (C=O) groups is 1. The van der Waals surface area contributed by atoms with Gasteiger partial charge in [-0.3, -0.25) is 9.18 Å². The van der Waals surface area contributed by atoms with Gasteiger partial charge in [0.05, 0.1) is 6.67 Å². The van der Waals surface area contributed by atoms with Crippen LogP contribution in [0.5, 0.6) is 0 Å². The fraction of sp³-hybridized carbons (Fsp3) is 0.947. The van der Waals surface area contributed by atoms with Gasteiger partial charge in [-0.2, -0.15) is 0 Å². The minimum Gasteiger partial charge on any atom is -0.460 e. The molecule has 0 aliphatic rings. The molecule has 0 aromatic rings. The fourth-order valence-corrected chi connectivity index (χ4v) is 2.52. The van der Waals surface area contributed by atoms with Crippen LogP contribution in [-0.4, -0.2) is 18.2 Å². The summed E-state index contributed by atoms with van der Waals surface area (Å²) < 4.78 is 17.2. The van der Waals surface area contributed by atoms with E-state index in [1.807, 2.05) is 20.8 Å². The van der Waals surface area contributed by atoms with Crippen LogP contribution in [0.25, 0.3) is 0 Å². The van der Waals surface area contributed by atoms with E-state index >= 15 is 0 Å². The lowest BCUT2D eigenvalue weighted by atomic mass is 10.0. The highest BCUT2D eigenvalue weighted by Gasteiger charge is 2.15. The van der Waals surface area contributed by atoms with E-state index in [0.29, 0.717) is 6.42 Å². The number of esters is 1. The molecule has 0 fully saturated rings. The Labute approximate surface area is 137 Å². The van der Waals surface area contributed by atoms with E-state index in [0.717, 1.165) is 25.7 Å². The maximum atomic E-state index is 11.9. The molecule has 132 valence electrons. The second-order valence-corrected chi connectivity index (χ2v) is 7.27. The van der Waals surface area contributed by atoms with E-state index in [2.05, 4.69) is 0 Å². The first-order valence-corrected chi connectivity index (χ1v) is 9.23. The van der Waals surface area contributed by atoms with Gasteiger partial charge < -0.3 is 4.74 Å². The third kappa shape index (κ3) is 17.5. The fourth-order valence-electron chi connectivity index (χ4n) is 2.52. The second-order valence-electron chi connectivity index (χ2n) is 7.27. The molecule has 0 bridgehead atoms. The maximum Gasteiger partial charge on any atom is 0.306 e. The lowest BCUT2D eigenvalue weighted by Crippen LogP contribution is -2.23. The summed E-state index contributed by atoms with van der Waals surface area (Å²) in [6, 6.07) is 0. The van der Waals surface area contributed by atoms with Crippen molar-refractivity contribution in [3.63, 3.8) is 0 Å². The molecule has 0 heterocycles. The molecule has 0 amide bonds. The summed E-state index contributed by atoms with van der Waals surface area (Å²) in [6.45, 7) is 5.57. The molecule has 0 aliphatic carbocycles. The van der Waals surface area contributed by atoms with Gasteiger partial charge in [0.2, 0.25) is 0 Å². The lowest BCUT2D eigenvalue weighted by Gasteiger charge is -2.19. The molecule has 0 N–H and O–H groups in total. The highest BCUT2D eigenvalue weighted by Crippen LogP contribution is 2.14. The molecule has 0 saturated heterocycles. The third-order valence-electron chi connectivity index (χ3n) is 3.68. The summed E-state index contributed by atoms with van der Waals surface area (Å²) in [5.41, 5.74) is -0.358. The van der Waals surface area contributed by atoms with E-state index in [-0.39, 0.29) is 18.2 Å². The predicted octanol–water partition coefficient (Wildman–Crippen LogP) is 6.37. The Balaban J connectivity index is 3.16. The zero-order valence-corrected chi connectivity index (χ0v) is 15.1. The highest BCUT2D eigenvalue weighted by molar-refractivity contribution is 5.69. The summed E-state index contributed by atoms with van der Waals surface area (Å²) in [4.78, 5) is 11.5. The first-order chi connectivity index (χ1) is 10.5. The van der Waals surface area contributed by atoms with Crippen molar-refractivity contribution >= 4 is 5.97 Å². The van der Waals surface area contributed by atoms with Crippen LogP contribution in [0.1, 0.15) is 104 Å². The van der Waals surface area contributed by atoms with Crippen molar-refractivity contribution in [2.75, 3.05) is 6.67 Å². The molecule has 0 radical (unpaired) electrons. The summed E-state index contributed by atoms with van der Waals surface area (Å²) in [6.07, 6.45) is 14.6. The Hall–Kier alpha value is -0.600. The molecule has 0 aliphatic heterocycles. The maximum absolute atomic E-state index is 11.9. The normalized spacial score (nSPS) is 11.6. The van der Waals surface area contributed by atoms with E-state index in [1.54, 1.807) is 0 Å². The van der Waals surface area contributed by atoms with Crippen LogP contribution in [0, 0.1) is 0 Å². The summed E-state index contributed by atoms with van der Waals surface area (Å²) in [5.74, 6) is -0.0692. The van der Waals surface area contributed by atoms with Crippen molar-refractivity contribution < 1.29 is 13.9 Å². The number of unbranched alkanes of at least 4 members (excludes halogenated alkanes) is 11. The zero-order chi connectivity index (χ0) is 16.7. The first-order valence-electron chi connectivity index (χ1n) is 9.23. The molecule has 3 heteroatoms. The Bertz CT molecular complexity index is 259. The van der Waals surface area contributed by atoms with Gasteiger partial charge in [0, 0.05) is 6.42 Å². The molecule has 0 rings (SSSR count). The number of ether oxygens (including phenoxy) is 1. The summed E-state index contributed by atoms with van der Waals surface area (Å²) >= 11 is 0. The van der Waals surface area contributed by atoms with Crippen LogP contribution >= 0.6 is 0 Å². The monoisotopic (exact) mass is 316 g/mol. The molecular weight excluding hydrogens is 279 g/mol. The Kier molecular flexibility index (Phi) is 13.6. The van der Waals surface area contributed by atoms with Crippen molar-refractivity contribution in [1.82, 2.24) is 0 Å². The van der Waals surface area contributed by atoms with E-state index in [4.69, 9.17) is 4.74 Å². The van der Waals surface area contributed by atoms with Gasteiger partial charge in [0.1, 0.15) is 5.60 Å². The Morgan fingerprint density at radius 3 is 1.45 bits per heavy atom. The largest absolute Gasteiger partial charge is 0.460 e. The van der Waals surface area contributed by atoms with Crippen LogP contribution in [0.4, 0.5) is 4.39 Å². The van der Waals surface area contributed by atoms with E-state index in [9.17, 15) is 9.18 Å². The molecule has 0 atom stereocenters. The minimum absolute atomic E-state index is 0.0692. The molecule has 0 aromatic heterocycles. The van der Waals surface area contributed by atoms with Crippen LogP contribution in [0.15, 0.2) is 0 Å². The number of hydrogen-bond acceptors (Lipinski definition) is 2. The van der Waals surface area contributed by atoms with Crippen LogP contribution in [-0.2, 0) is 9.53 Å². The SMILES string of the molecule is CC(C)(C)OC(=O)CCCCCCCCCCCCCCF. The van der Waals surface area contributed by atoms with E-state index < -0.39 is 0 Å². The van der Waals surface area contributed by atoms with Crippen molar-refractivity contribution in [2.24, 2.45) is 0 Å². The minimum atomic E-state index is -0.358. The van der Waals surface area contributed by atoms with Crippen molar-refractivity contribution in [3.05, 3.63) is 0 Å². The van der Waals surface area contributed by atoms with Crippen molar-refractivity contribution in [2.45, 2.75) is 110 Å². The quantitative estimate of drug-likeness (QED) is 0.275. The smallest absolute Gasteiger partial charge is 0.306 e. The molecule has 22 heavy (non-hydrogen) atoms. The van der Waals surface area contributed by atoms with Gasteiger partial charge >= 0.3 is 5.97 Å². The third-order valence-corrected chi connectivity index (χ3v) is 3.68. The van der Waals surface area contributed by atoms with Crippen LogP contribution in [0.2, 0.25) is 0 Å². The summed E-state index contributed by atoms with van der Waals surface area (Å²) in [5, 5.41) is 0. The standard InChI is InChI=1S/C19H37FO2/c1-19(2,3)22-18(21)16-14-12-10-8-6-4-5-7-9-11-13-15-17-20/h4-17H2,1-3H3. The first kappa shape index (κ1) is 21.4. The molecule has 2 nitrogen and oxygen atoms in total. The Morgan fingerprint density at radius 2 is 1.09 bits per heavy atom. The second kappa shape index (κ2) is 14.0. The van der Waals surface area contributed by atoms with Crippen molar-refractivity contribution in [1.29, 1.82) is 0 Å². The van der Waals surface area contributed by atoms with Gasteiger partial charge in [0.15, 0.2) is 0 Å². The van der Waals surface area contributed by atoms with Gasteiger partial charge in [-0.15, -0.1) is 0 Å². The van der Waals surface area contributed by atoms with Gasteiger partial charge in [-0.1, -0.05) is 64.2 Å². The number of halogens is 1. The molecular formula is C19H37FO2. The van der Waals surface area contributed by atoms with Gasteiger partial charge in [-0.05, 0) is 33.6 Å². The summed E-state index contributed by atoms with van der Waals surface area (Å²) in [7, 11) is 0. The number of rotatable bonds is 14.